The van der Waals surface area contributed by atoms with Gasteiger partial charge in [-0.2, -0.15) is 5.26 Å². The Morgan fingerprint density at radius 1 is 1.35 bits per heavy atom. The third-order valence-electron chi connectivity index (χ3n) is 4.11. The Balaban J connectivity index is 1.52. The molecule has 0 unspecified atom stereocenters. The van der Waals surface area contributed by atoms with Crippen LogP contribution in [0.25, 0.3) is 0 Å². The van der Waals surface area contributed by atoms with Gasteiger partial charge in [0.2, 0.25) is 0 Å². The fourth-order valence-electron chi connectivity index (χ4n) is 3.04. The van der Waals surface area contributed by atoms with Crippen molar-refractivity contribution in [2.24, 2.45) is 5.92 Å². The van der Waals surface area contributed by atoms with E-state index in [9.17, 15) is 0 Å². The number of pyridine rings is 1. The number of nitrogens with zero attached hydrogens (tertiary/aromatic N) is 6. The van der Waals surface area contributed by atoms with E-state index in [0.29, 0.717) is 11.6 Å². The van der Waals surface area contributed by atoms with Gasteiger partial charge in [-0.3, -0.25) is 4.98 Å². The Morgan fingerprint density at radius 2 is 2.26 bits per heavy atom. The zero-order chi connectivity index (χ0) is 16.1. The molecule has 6 heteroatoms. The minimum absolute atomic E-state index is 0.362. The van der Waals surface area contributed by atoms with Gasteiger partial charge < -0.3 is 9.80 Å². The molecule has 1 atom stereocenters. The molecular weight excluding hydrogens is 288 g/mol. The molecule has 0 aliphatic carbocycles. The lowest BCUT2D eigenvalue weighted by molar-refractivity contribution is 0.279. The van der Waals surface area contributed by atoms with Crippen LogP contribution in [0.3, 0.4) is 0 Å². The van der Waals surface area contributed by atoms with Crippen LogP contribution in [0.1, 0.15) is 17.7 Å². The molecule has 3 rings (SSSR count). The summed E-state index contributed by atoms with van der Waals surface area (Å²) < 4.78 is 0. The lowest BCUT2D eigenvalue weighted by atomic mass is 10.1. The minimum atomic E-state index is 0.362. The molecule has 0 amide bonds. The first kappa shape index (κ1) is 15.4. The number of anilines is 1. The molecule has 2 aromatic rings. The van der Waals surface area contributed by atoms with Gasteiger partial charge in [0.05, 0.1) is 12.4 Å². The summed E-state index contributed by atoms with van der Waals surface area (Å²) >= 11 is 0. The van der Waals surface area contributed by atoms with Crippen molar-refractivity contribution >= 4 is 5.82 Å². The molecule has 2 aromatic heterocycles. The first-order valence-electron chi connectivity index (χ1n) is 7.79. The van der Waals surface area contributed by atoms with Crippen LogP contribution in [-0.2, 0) is 6.54 Å². The second-order valence-electron chi connectivity index (χ2n) is 6.03. The number of nitriles is 1. The molecule has 118 valence electrons. The molecule has 1 saturated heterocycles. The first-order valence-corrected chi connectivity index (χ1v) is 7.79. The fourth-order valence-corrected chi connectivity index (χ4v) is 3.04. The molecule has 23 heavy (non-hydrogen) atoms. The number of aromatic nitrogens is 3. The van der Waals surface area contributed by atoms with Crippen molar-refractivity contribution < 1.29 is 0 Å². The molecule has 3 heterocycles. The van der Waals surface area contributed by atoms with E-state index in [1.165, 1.54) is 11.8 Å². The second-order valence-corrected chi connectivity index (χ2v) is 6.03. The van der Waals surface area contributed by atoms with E-state index < -0.39 is 0 Å². The van der Waals surface area contributed by atoms with Gasteiger partial charge in [0, 0.05) is 38.6 Å². The van der Waals surface area contributed by atoms with E-state index in [1.807, 2.05) is 18.3 Å². The Hall–Kier alpha value is -2.52. The number of hydrogen-bond acceptors (Lipinski definition) is 6. The van der Waals surface area contributed by atoms with Gasteiger partial charge in [-0.05, 0) is 31.0 Å². The van der Waals surface area contributed by atoms with Crippen LogP contribution < -0.4 is 4.90 Å². The molecule has 6 nitrogen and oxygen atoms in total. The van der Waals surface area contributed by atoms with Crippen LogP contribution in [0, 0.1) is 17.2 Å². The van der Waals surface area contributed by atoms with Crippen LogP contribution in [0.2, 0.25) is 0 Å². The highest BCUT2D eigenvalue weighted by Gasteiger charge is 2.24. The second kappa shape index (κ2) is 7.16. The van der Waals surface area contributed by atoms with Crippen LogP contribution in [0.15, 0.2) is 36.9 Å². The highest BCUT2D eigenvalue weighted by Crippen LogP contribution is 2.22. The van der Waals surface area contributed by atoms with E-state index in [-0.39, 0.29) is 0 Å². The summed E-state index contributed by atoms with van der Waals surface area (Å²) in [6.45, 7) is 3.94. The van der Waals surface area contributed by atoms with Crippen molar-refractivity contribution in [3.63, 3.8) is 0 Å². The molecule has 0 aromatic carbocycles. The van der Waals surface area contributed by atoms with Crippen molar-refractivity contribution in [2.75, 3.05) is 31.6 Å². The quantitative estimate of drug-likeness (QED) is 0.837. The molecule has 0 spiro atoms. The number of rotatable bonds is 5. The summed E-state index contributed by atoms with van der Waals surface area (Å²) in [7, 11) is 2.15. The van der Waals surface area contributed by atoms with Crippen LogP contribution in [0.4, 0.5) is 5.82 Å². The molecular formula is C17H20N6. The third-order valence-corrected chi connectivity index (χ3v) is 4.11. The van der Waals surface area contributed by atoms with E-state index >= 15 is 0 Å². The maximum atomic E-state index is 8.78. The SMILES string of the molecule is CN(Cc1cccnc1)C[C@H]1CCN(c2cnc(C#N)cn2)C1. The van der Waals surface area contributed by atoms with Crippen molar-refractivity contribution in [3.8, 4) is 6.07 Å². The van der Waals surface area contributed by atoms with Gasteiger partial charge in [-0.15, -0.1) is 0 Å². The van der Waals surface area contributed by atoms with Gasteiger partial charge >= 0.3 is 0 Å². The average Bonchev–Trinajstić information content (AvgIpc) is 3.04. The molecule has 1 fully saturated rings. The fraction of sp³-hybridized carbons (Fsp3) is 0.412. The monoisotopic (exact) mass is 308 g/mol. The predicted octanol–water partition coefficient (Wildman–Crippen LogP) is 1.70. The summed E-state index contributed by atoms with van der Waals surface area (Å²) in [6, 6.07) is 6.08. The van der Waals surface area contributed by atoms with Crippen LogP contribution >= 0.6 is 0 Å². The zero-order valence-corrected chi connectivity index (χ0v) is 13.3. The Bertz CT molecular complexity index is 664. The normalized spacial score (nSPS) is 17.4. The minimum Gasteiger partial charge on any atom is -0.355 e. The summed E-state index contributed by atoms with van der Waals surface area (Å²) in [5.74, 6) is 1.48. The first-order chi connectivity index (χ1) is 11.2. The van der Waals surface area contributed by atoms with Crippen molar-refractivity contribution in [1.29, 1.82) is 5.26 Å². The van der Waals surface area contributed by atoms with Gasteiger partial charge in [-0.25, -0.2) is 9.97 Å². The van der Waals surface area contributed by atoms with E-state index in [4.69, 9.17) is 5.26 Å². The van der Waals surface area contributed by atoms with E-state index in [1.54, 1.807) is 12.4 Å². The van der Waals surface area contributed by atoms with Crippen molar-refractivity contribution in [2.45, 2.75) is 13.0 Å². The number of hydrogen-bond donors (Lipinski definition) is 0. The van der Waals surface area contributed by atoms with Gasteiger partial charge in [0.1, 0.15) is 11.9 Å². The maximum Gasteiger partial charge on any atom is 0.158 e. The molecule has 1 aliphatic heterocycles. The summed E-state index contributed by atoms with van der Waals surface area (Å²) in [4.78, 5) is 17.2. The summed E-state index contributed by atoms with van der Waals surface area (Å²) in [5, 5.41) is 8.78. The Morgan fingerprint density at radius 3 is 2.96 bits per heavy atom. The Kier molecular flexibility index (Phi) is 4.79. The van der Waals surface area contributed by atoms with Crippen molar-refractivity contribution in [3.05, 3.63) is 48.2 Å². The molecule has 0 bridgehead atoms. The standard InChI is InChI=1S/C17H20N6/c1-22(11-14-3-2-5-19-8-14)12-15-4-6-23(13-15)17-10-20-16(7-18)9-21-17/h2-3,5,8-10,15H,4,6,11-13H2,1H3/t15-/m1/s1. The van der Waals surface area contributed by atoms with Gasteiger partial charge in [0.25, 0.3) is 0 Å². The lowest BCUT2D eigenvalue weighted by Gasteiger charge is -2.21. The van der Waals surface area contributed by atoms with Crippen LogP contribution in [0.5, 0.6) is 0 Å². The smallest absolute Gasteiger partial charge is 0.158 e. The van der Waals surface area contributed by atoms with E-state index in [0.717, 1.165) is 38.4 Å². The highest BCUT2D eigenvalue weighted by molar-refractivity contribution is 5.38. The molecule has 0 radical (unpaired) electrons. The lowest BCUT2D eigenvalue weighted by Crippen LogP contribution is -2.28. The summed E-state index contributed by atoms with van der Waals surface area (Å²) in [6.07, 6.45) is 8.11. The third kappa shape index (κ3) is 4.02. The molecule has 0 saturated carbocycles. The van der Waals surface area contributed by atoms with Gasteiger partial charge in [0.15, 0.2) is 5.69 Å². The van der Waals surface area contributed by atoms with Gasteiger partial charge in [-0.1, -0.05) is 6.07 Å². The highest BCUT2D eigenvalue weighted by atomic mass is 15.2. The molecule has 0 N–H and O–H groups in total. The summed E-state index contributed by atoms with van der Waals surface area (Å²) in [5.41, 5.74) is 1.60. The average molecular weight is 308 g/mol. The van der Waals surface area contributed by atoms with Crippen LogP contribution in [-0.4, -0.2) is 46.5 Å². The topological polar surface area (TPSA) is 68.9 Å². The largest absolute Gasteiger partial charge is 0.355 e. The Labute approximate surface area is 136 Å². The van der Waals surface area contributed by atoms with E-state index in [2.05, 4.69) is 37.9 Å². The zero-order valence-electron chi connectivity index (χ0n) is 13.3. The predicted molar refractivity (Wildman–Crippen MR) is 87.6 cm³/mol. The maximum absolute atomic E-state index is 8.78. The van der Waals surface area contributed by atoms with Crippen molar-refractivity contribution in [1.82, 2.24) is 19.9 Å². The molecule has 1 aliphatic rings.